The van der Waals surface area contributed by atoms with Crippen molar-refractivity contribution < 1.29 is 4.39 Å². The summed E-state index contributed by atoms with van der Waals surface area (Å²) in [5.41, 5.74) is 6.72. The zero-order valence-corrected chi connectivity index (χ0v) is 16.8. The van der Waals surface area contributed by atoms with Crippen LogP contribution in [-0.2, 0) is 5.75 Å². The Morgan fingerprint density at radius 1 is 0.966 bits per heavy atom. The maximum absolute atomic E-state index is 13.9. The number of aromatic nitrogens is 5. The van der Waals surface area contributed by atoms with Gasteiger partial charge in [0.2, 0.25) is 0 Å². The number of nitrogens with zero attached hydrogens (tertiary/aromatic N) is 5. The number of aryl methyl sites for hydroxylation is 2. The molecule has 0 bridgehead atoms. The lowest BCUT2D eigenvalue weighted by atomic mass is 10.0. The lowest BCUT2D eigenvalue weighted by Gasteiger charge is -2.02. The molecule has 0 N–H and O–H groups in total. The van der Waals surface area contributed by atoms with Crippen LogP contribution < -0.4 is 0 Å². The summed E-state index contributed by atoms with van der Waals surface area (Å²) in [5, 5.41) is 14.1. The average Bonchev–Trinajstić information content (AvgIpc) is 3.33. The van der Waals surface area contributed by atoms with Gasteiger partial charge in [-0.15, -0.1) is 10.2 Å². The van der Waals surface area contributed by atoms with Gasteiger partial charge in [-0.05, 0) is 48.7 Å². The Morgan fingerprint density at radius 2 is 1.83 bits per heavy atom. The van der Waals surface area contributed by atoms with Crippen molar-refractivity contribution >= 4 is 22.9 Å². The molecule has 0 aliphatic rings. The Labute approximate surface area is 171 Å². The standard InChI is InChI=1S/C22H18FN5S/c1-14-7-8-16(11-15(14)2)19-12-20-21-24-25-22(27(21)9-10-28(20)26-19)29-13-17-5-3-4-6-18(17)23/h3-12H,13H2,1-2H3. The van der Waals surface area contributed by atoms with Gasteiger partial charge in [0.1, 0.15) is 11.3 Å². The molecule has 0 aliphatic heterocycles. The molecule has 0 radical (unpaired) electrons. The third-order valence-corrected chi connectivity index (χ3v) is 6.10. The van der Waals surface area contributed by atoms with Gasteiger partial charge in [0.25, 0.3) is 0 Å². The van der Waals surface area contributed by atoms with E-state index in [0.717, 1.165) is 27.6 Å². The highest BCUT2D eigenvalue weighted by atomic mass is 32.2. The summed E-state index contributed by atoms with van der Waals surface area (Å²) in [7, 11) is 0. The number of thioether (sulfide) groups is 1. The van der Waals surface area contributed by atoms with Crippen molar-refractivity contribution in [1.29, 1.82) is 0 Å². The van der Waals surface area contributed by atoms with Gasteiger partial charge in [0, 0.05) is 23.7 Å². The second-order valence-corrected chi connectivity index (χ2v) is 7.96. The van der Waals surface area contributed by atoms with Crippen LogP contribution in [0.25, 0.3) is 22.4 Å². The third-order valence-electron chi connectivity index (χ3n) is 5.10. The largest absolute Gasteiger partial charge is 0.274 e. The lowest BCUT2D eigenvalue weighted by Crippen LogP contribution is -1.94. The SMILES string of the molecule is Cc1ccc(-c2cc3c4nnc(SCc5ccccc5F)n4ccn3n2)cc1C. The Kier molecular flexibility index (Phi) is 4.32. The Hall–Kier alpha value is -3.19. The first kappa shape index (κ1) is 17.9. The van der Waals surface area contributed by atoms with E-state index in [1.54, 1.807) is 12.1 Å². The van der Waals surface area contributed by atoms with Crippen molar-refractivity contribution in [1.82, 2.24) is 24.2 Å². The molecule has 3 heterocycles. The Balaban J connectivity index is 1.51. The molecule has 144 valence electrons. The van der Waals surface area contributed by atoms with E-state index in [0.29, 0.717) is 11.3 Å². The van der Waals surface area contributed by atoms with Crippen LogP contribution in [0.2, 0.25) is 0 Å². The van der Waals surface area contributed by atoms with Crippen molar-refractivity contribution in [3.63, 3.8) is 0 Å². The number of rotatable bonds is 4. The highest BCUT2D eigenvalue weighted by molar-refractivity contribution is 7.98. The molecule has 0 saturated carbocycles. The Bertz CT molecular complexity index is 1350. The molecule has 0 aliphatic carbocycles. The monoisotopic (exact) mass is 403 g/mol. The number of halogens is 1. The minimum absolute atomic E-state index is 0.204. The van der Waals surface area contributed by atoms with Crippen molar-refractivity contribution in [2.45, 2.75) is 24.8 Å². The molecule has 5 nitrogen and oxygen atoms in total. The first-order valence-electron chi connectivity index (χ1n) is 9.27. The first-order chi connectivity index (χ1) is 14.1. The normalized spacial score (nSPS) is 11.6. The van der Waals surface area contributed by atoms with Crippen LogP contribution in [0.4, 0.5) is 4.39 Å². The van der Waals surface area contributed by atoms with Gasteiger partial charge in [0.05, 0.1) is 5.69 Å². The highest BCUT2D eigenvalue weighted by Gasteiger charge is 2.14. The molecule has 7 heteroatoms. The van der Waals surface area contributed by atoms with E-state index in [1.807, 2.05) is 33.4 Å². The highest BCUT2D eigenvalue weighted by Crippen LogP contribution is 2.27. The van der Waals surface area contributed by atoms with Crippen molar-refractivity contribution in [3.8, 4) is 11.3 Å². The van der Waals surface area contributed by atoms with Crippen LogP contribution in [0.3, 0.4) is 0 Å². The van der Waals surface area contributed by atoms with E-state index in [9.17, 15) is 4.39 Å². The number of hydrogen-bond acceptors (Lipinski definition) is 4. The average molecular weight is 403 g/mol. The summed E-state index contributed by atoms with van der Waals surface area (Å²) < 4.78 is 17.6. The molecule has 5 rings (SSSR count). The molecule has 0 amide bonds. The van der Waals surface area contributed by atoms with Gasteiger partial charge < -0.3 is 0 Å². The van der Waals surface area contributed by atoms with Gasteiger partial charge in [-0.2, -0.15) is 5.10 Å². The quantitative estimate of drug-likeness (QED) is 0.392. The maximum Gasteiger partial charge on any atom is 0.196 e. The van der Waals surface area contributed by atoms with Crippen molar-refractivity contribution in [2.24, 2.45) is 0 Å². The molecular formula is C22H18FN5S. The smallest absolute Gasteiger partial charge is 0.196 e. The van der Waals surface area contributed by atoms with E-state index in [1.165, 1.54) is 29.0 Å². The van der Waals surface area contributed by atoms with Crippen LogP contribution >= 0.6 is 11.8 Å². The molecule has 0 unspecified atom stereocenters. The molecule has 0 saturated heterocycles. The fourth-order valence-electron chi connectivity index (χ4n) is 3.29. The summed E-state index contributed by atoms with van der Waals surface area (Å²) in [6, 6.07) is 15.2. The molecule has 3 aromatic heterocycles. The minimum Gasteiger partial charge on any atom is -0.274 e. The van der Waals surface area contributed by atoms with Crippen LogP contribution in [0.15, 0.2) is 66.1 Å². The predicted molar refractivity (Wildman–Crippen MR) is 113 cm³/mol. The van der Waals surface area contributed by atoms with Crippen molar-refractivity contribution in [2.75, 3.05) is 0 Å². The molecular weight excluding hydrogens is 385 g/mol. The predicted octanol–water partition coefficient (Wildman–Crippen LogP) is 5.09. The van der Waals surface area contributed by atoms with Gasteiger partial charge in [0.15, 0.2) is 10.8 Å². The minimum atomic E-state index is -0.204. The molecule has 0 spiro atoms. The van der Waals surface area contributed by atoms with E-state index >= 15 is 0 Å². The zero-order valence-electron chi connectivity index (χ0n) is 16.0. The second-order valence-electron chi connectivity index (χ2n) is 7.01. The Morgan fingerprint density at radius 3 is 2.66 bits per heavy atom. The third kappa shape index (κ3) is 3.17. The van der Waals surface area contributed by atoms with Crippen molar-refractivity contribution in [3.05, 3.63) is 83.4 Å². The van der Waals surface area contributed by atoms with E-state index in [2.05, 4.69) is 42.2 Å². The fraction of sp³-hybridized carbons (Fsp3) is 0.136. The van der Waals surface area contributed by atoms with E-state index < -0.39 is 0 Å². The van der Waals surface area contributed by atoms with Crippen LogP contribution in [-0.4, -0.2) is 24.2 Å². The number of hydrogen-bond donors (Lipinski definition) is 0. The van der Waals surface area contributed by atoms with Crippen LogP contribution in [0.5, 0.6) is 0 Å². The van der Waals surface area contributed by atoms with Gasteiger partial charge in [-0.3, -0.25) is 4.40 Å². The van der Waals surface area contributed by atoms with Gasteiger partial charge in [-0.1, -0.05) is 42.1 Å². The molecule has 29 heavy (non-hydrogen) atoms. The number of benzene rings is 2. The summed E-state index contributed by atoms with van der Waals surface area (Å²) in [6.07, 6.45) is 3.78. The summed E-state index contributed by atoms with van der Waals surface area (Å²) in [5.74, 6) is 0.288. The second kappa shape index (κ2) is 7.00. The maximum atomic E-state index is 13.9. The molecule has 0 fully saturated rings. The van der Waals surface area contributed by atoms with Gasteiger partial charge >= 0.3 is 0 Å². The topological polar surface area (TPSA) is 47.5 Å². The summed E-state index contributed by atoms with van der Waals surface area (Å²) >= 11 is 1.46. The van der Waals surface area contributed by atoms with E-state index in [-0.39, 0.29) is 5.82 Å². The van der Waals surface area contributed by atoms with E-state index in [4.69, 9.17) is 5.10 Å². The summed E-state index contributed by atoms with van der Waals surface area (Å²) in [6.45, 7) is 4.20. The fourth-order valence-corrected chi connectivity index (χ4v) is 4.19. The number of fused-ring (bicyclic) bond motifs is 3. The molecule has 0 atom stereocenters. The van der Waals surface area contributed by atoms with Gasteiger partial charge in [-0.25, -0.2) is 8.91 Å². The lowest BCUT2D eigenvalue weighted by molar-refractivity contribution is 0.617. The van der Waals surface area contributed by atoms with Crippen LogP contribution in [0, 0.1) is 19.7 Å². The first-order valence-corrected chi connectivity index (χ1v) is 10.3. The molecule has 5 aromatic rings. The summed E-state index contributed by atoms with van der Waals surface area (Å²) in [4.78, 5) is 0. The zero-order chi connectivity index (χ0) is 20.0. The van der Waals surface area contributed by atoms with Crippen LogP contribution in [0.1, 0.15) is 16.7 Å². The molecule has 2 aromatic carbocycles.